The molecule has 3 N–H and O–H groups in total. The standard InChI is InChI=1S/C15H17FN4OS/c1-3-12(22-15-18-9(2)8-13(17)20-15)14(21)19-11-6-4-10(16)5-7-11/h4-8,12H,3H2,1-2H3,(H,19,21)(H2,17,18,20)/t12-/m1/s1. The fraction of sp³-hybridized carbons (Fsp3) is 0.267. The van der Waals surface area contributed by atoms with E-state index in [4.69, 9.17) is 5.73 Å². The van der Waals surface area contributed by atoms with Gasteiger partial charge in [0.05, 0.1) is 5.25 Å². The molecule has 1 atom stereocenters. The molecule has 2 aromatic rings. The van der Waals surface area contributed by atoms with E-state index in [9.17, 15) is 9.18 Å². The number of carbonyl (C=O) groups excluding carboxylic acids is 1. The Morgan fingerprint density at radius 2 is 2.05 bits per heavy atom. The number of rotatable bonds is 5. The van der Waals surface area contributed by atoms with Crippen molar-refractivity contribution in [1.29, 1.82) is 0 Å². The van der Waals surface area contributed by atoms with E-state index in [2.05, 4.69) is 15.3 Å². The third-order valence-corrected chi connectivity index (χ3v) is 4.10. The molecule has 1 aromatic heterocycles. The van der Waals surface area contributed by atoms with Gasteiger partial charge in [-0.1, -0.05) is 18.7 Å². The highest BCUT2D eigenvalue weighted by Gasteiger charge is 2.20. The number of aryl methyl sites for hydroxylation is 1. The van der Waals surface area contributed by atoms with Crippen molar-refractivity contribution in [3.05, 3.63) is 41.8 Å². The largest absolute Gasteiger partial charge is 0.384 e. The van der Waals surface area contributed by atoms with Crippen molar-refractivity contribution in [2.24, 2.45) is 0 Å². The van der Waals surface area contributed by atoms with Crippen LogP contribution < -0.4 is 11.1 Å². The molecule has 0 bridgehead atoms. The summed E-state index contributed by atoms with van der Waals surface area (Å²) < 4.78 is 12.9. The van der Waals surface area contributed by atoms with Crippen molar-refractivity contribution >= 4 is 29.2 Å². The number of nitrogens with one attached hydrogen (secondary N) is 1. The average molecular weight is 320 g/mol. The number of halogens is 1. The van der Waals surface area contributed by atoms with Gasteiger partial charge in [0.1, 0.15) is 11.6 Å². The zero-order chi connectivity index (χ0) is 16.1. The Hall–Kier alpha value is -2.15. The highest BCUT2D eigenvalue weighted by Crippen LogP contribution is 2.24. The quantitative estimate of drug-likeness (QED) is 0.654. The second kappa shape index (κ2) is 7.22. The van der Waals surface area contributed by atoms with E-state index in [-0.39, 0.29) is 17.0 Å². The van der Waals surface area contributed by atoms with Crippen LogP contribution in [-0.2, 0) is 4.79 Å². The Morgan fingerprint density at radius 3 is 2.64 bits per heavy atom. The lowest BCUT2D eigenvalue weighted by atomic mass is 10.2. The molecule has 0 saturated carbocycles. The molecular formula is C15H17FN4OS. The van der Waals surface area contributed by atoms with Gasteiger partial charge in [-0.05, 0) is 37.6 Å². The van der Waals surface area contributed by atoms with Gasteiger partial charge in [0.25, 0.3) is 0 Å². The molecule has 22 heavy (non-hydrogen) atoms. The molecular weight excluding hydrogens is 303 g/mol. The van der Waals surface area contributed by atoms with Gasteiger partial charge in [-0.25, -0.2) is 14.4 Å². The lowest BCUT2D eigenvalue weighted by Gasteiger charge is -2.14. The summed E-state index contributed by atoms with van der Waals surface area (Å²) >= 11 is 1.26. The zero-order valence-corrected chi connectivity index (χ0v) is 13.2. The minimum Gasteiger partial charge on any atom is -0.384 e. The summed E-state index contributed by atoms with van der Waals surface area (Å²) in [6, 6.07) is 7.31. The van der Waals surface area contributed by atoms with Crippen LogP contribution in [0.4, 0.5) is 15.9 Å². The number of thioether (sulfide) groups is 1. The Kier molecular flexibility index (Phi) is 5.32. The van der Waals surface area contributed by atoms with Crippen LogP contribution in [0.25, 0.3) is 0 Å². The summed E-state index contributed by atoms with van der Waals surface area (Å²) in [4.78, 5) is 20.7. The van der Waals surface area contributed by atoms with Crippen LogP contribution in [0.2, 0.25) is 0 Å². The minimum atomic E-state index is -0.355. The maximum absolute atomic E-state index is 12.9. The molecule has 7 heteroatoms. The first-order chi connectivity index (χ1) is 10.5. The molecule has 0 saturated heterocycles. The number of anilines is 2. The molecule has 0 aliphatic heterocycles. The molecule has 2 rings (SSSR count). The van der Waals surface area contributed by atoms with Crippen LogP contribution in [0.5, 0.6) is 0 Å². The summed E-state index contributed by atoms with van der Waals surface area (Å²) in [6.07, 6.45) is 0.606. The number of hydrogen-bond donors (Lipinski definition) is 2. The number of benzene rings is 1. The number of nitrogens with two attached hydrogens (primary N) is 1. The van der Waals surface area contributed by atoms with Gasteiger partial charge in [-0.2, -0.15) is 0 Å². The molecule has 0 aliphatic carbocycles. The normalized spacial score (nSPS) is 12.0. The van der Waals surface area contributed by atoms with Gasteiger partial charge in [0, 0.05) is 17.4 Å². The lowest BCUT2D eigenvalue weighted by Crippen LogP contribution is -2.24. The van der Waals surface area contributed by atoms with Crippen molar-refractivity contribution in [3.63, 3.8) is 0 Å². The van der Waals surface area contributed by atoms with E-state index in [1.807, 2.05) is 13.8 Å². The Labute approximate surface area is 132 Å². The first-order valence-corrected chi connectivity index (χ1v) is 7.70. The number of amides is 1. The van der Waals surface area contributed by atoms with Crippen molar-refractivity contribution in [3.8, 4) is 0 Å². The van der Waals surface area contributed by atoms with Gasteiger partial charge in [-0.3, -0.25) is 4.79 Å². The topological polar surface area (TPSA) is 80.9 Å². The first-order valence-electron chi connectivity index (χ1n) is 6.82. The van der Waals surface area contributed by atoms with Crippen LogP contribution >= 0.6 is 11.8 Å². The lowest BCUT2D eigenvalue weighted by molar-refractivity contribution is -0.115. The Bertz CT molecular complexity index is 643. The second-order valence-electron chi connectivity index (χ2n) is 4.73. The molecule has 0 aliphatic rings. The summed E-state index contributed by atoms with van der Waals surface area (Å²) in [6.45, 7) is 3.72. The van der Waals surface area contributed by atoms with Crippen molar-refractivity contribution in [2.45, 2.75) is 30.7 Å². The summed E-state index contributed by atoms with van der Waals surface area (Å²) in [5.41, 5.74) is 6.99. The fourth-order valence-electron chi connectivity index (χ4n) is 1.82. The summed E-state index contributed by atoms with van der Waals surface area (Å²) in [5, 5.41) is 2.87. The maximum Gasteiger partial charge on any atom is 0.237 e. The number of aromatic nitrogens is 2. The minimum absolute atomic E-state index is 0.178. The monoisotopic (exact) mass is 320 g/mol. The number of nitrogens with zero attached hydrogens (tertiary/aromatic N) is 2. The van der Waals surface area contributed by atoms with Crippen molar-refractivity contribution < 1.29 is 9.18 Å². The molecule has 1 aromatic carbocycles. The van der Waals surface area contributed by atoms with E-state index in [1.54, 1.807) is 6.07 Å². The summed E-state index contributed by atoms with van der Waals surface area (Å²) in [5.74, 6) is -0.144. The molecule has 1 heterocycles. The van der Waals surface area contributed by atoms with E-state index < -0.39 is 0 Å². The van der Waals surface area contributed by atoms with Crippen LogP contribution in [0, 0.1) is 12.7 Å². The second-order valence-corrected chi connectivity index (χ2v) is 5.90. The van der Waals surface area contributed by atoms with Crippen molar-refractivity contribution in [1.82, 2.24) is 9.97 Å². The number of nitrogen functional groups attached to an aromatic ring is 1. The van der Waals surface area contributed by atoms with Crippen LogP contribution in [0.1, 0.15) is 19.0 Å². The van der Waals surface area contributed by atoms with E-state index >= 15 is 0 Å². The van der Waals surface area contributed by atoms with Gasteiger partial charge >= 0.3 is 0 Å². The predicted molar refractivity (Wildman–Crippen MR) is 86.1 cm³/mol. The smallest absolute Gasteiger partial charge is 0.237 e. The van der Waals surface area contributed by atoms with Crippen LogP contribution in [0.3, 0.4) is 0 Å². The van der Waals surface area contributed by atoms with E-state index in [0.29, 0.717) is 23.1 Å². The maximum atomic E-state index is 12.9. The van der Waals surface area contributed by atoms with Gasteiger partial charge in [0.2, 0.25) is 5.91 Å². The Balaban J connectivity index is 2.06. The number of carbonyl (C=O) groups is 1. The number of hydrogen-bond acceptors (Lipinski definition) is 5. The molecule has 0 spiro atoms. The molecule has 1 amide bonds. The average Bonchev–Trinajstić information content (AvgIpc) is 2.46. The molecule has 5 nitrogen and oxygen atoms in total. The highest BCUT2D eigenvalue weighted by atomic mass is 32.2. The van der Waals surface area contributed by atoms with Crippen LogP contribution in [-0.4, -0.2) is 21.1 Å². The van der Waals surface area contributed by atoms with E-state index in [1.165, 1.54) is 36.0 Å². The van der Waals surface area contributed by atoms with E-state index in [0.717, 1.165) is 5.69 Å². The predicted octanol–water partition coefficient (Wildman–Crippen LogP) is 3.02. The van der Waals surface area contributed by atoms with Gasteiger partial charge in [0.15, 0.2) is 5.16 Å². The third-order valence-electron chi connectivity index (χ3n) is 2.88. The van der Waals surface area contributed by atoms with Crippen LogP contribution in [0.15, 0.2) is 35.5 Å². The third kappa shape index (κ3) is 4.42. The summed E-state index contributed by atoms with van der Waals surface area (Å²) in [7, 11) is 0. The molecule has 0 radical (unpaired) electrons. The van der Waals surface area contributed by atoms with Gasteiger partial charge in [-0.15, -0.1) is 0 Å². The Morgan fingerprint density at radius 1 is 1.36 bits per heavy atom. The van der Waals surface area contributed by atoms with Gasteiger partial charge < -0.3 is 11.1 Å². The SMILES string of the molecule is CC[C@@H](Sc1nc(C)cc(N)n1)C(=O)Nc1ccc(F)cc1. The fourth-order valence-corrected chi connectivity index (χ4v) is 2.76. The molecule has 0 unspecified atom stereocenters. The zero-order valence-electron chi connectivity index (χ0n) is 12.3. The molecule has 116 valence electrons. The molecule has 0 fully saturated rings. The first kappa shape index (κ1) is 16.2. The van der Waals surface area contributed by atoms with Crippen molar-refractivity contribution in [2.75, 3.05) is 11.1 Å². The highest BCUT2D eigenvalue weighted by molar-refractivity contribution is 8.00.